The summed E-state index contributed by atoms with van der Waals surface area (Å²) < 4.78 is 6.49. The fourth-order valence-corrected chi connectivity index (χ4v) is 5.16. The average molecular weight is 415 g/mol. The molecular weight excluding hydrogens is 388 g/mol. The lowest BCUT2D eigenvalue weighted by atomic mass is 9.96. The lowest BCUT2D eigenvalue weighted by Gasteiger charge is -2.32. The lowest BCUT2D eigenvalue weighted by molar-refractivity contribution is -0.135. The first kappa shape index (κ1) is 18.8. The Bertz CT molecular complexity index is 920. The van der Waals surface area contributed by atoms with Gasteiger partial charge in [0, 0.05) is 37.8 Å². The molecule has 1 atom stereocenters. The highest BCUT2D eigenvalue weighted by Gasteiger charge is 2.36. The first-order valence-electron chi connectivity index (χ1n) is 10.5. The molecule has 154 valence electrons. The summed E-state index contributed by atoms with van der Waals surface area (Å²) in [6.45, 7) is 4.53. The van der Waals surface area contributed by atoms with E-state index in [0.29, 0.717) is 6.54 Å². The summed E-state index contributed by atoms with van der Waals surface area (Å²) in [5.74, 6) is 0.332. The number of carbonyl (C=O) groups excluding carboxylic acids is 2. The van der Waals surface area contributed by atoms with E-state index in [1.807, 2.05) is 23.1 Å². The number of amides is 2. The zero-order valence-electron chi connectivity index (χ0n) is 16.4. The van der Waals surface area contributed by atoms with Crippen LogP contribution in [0.4, 0.5) is 10.8 Å². The van der Waals surface area contributed by atoms with E-state index in [1.54, 1.807) is 11.3 Å². The lowest BCUT2D eigenvalue weighted by Crippen LogP contribution is -2.44. The van der Waals surface area contributed by atoms with E-state index in [2.05, 4.69) is 10.2 Å². The highest BCUT2D eigenvalue weighted by Crippen LogP contribution is 2.33. The molecule has 2 aliphatic heterocycles. The van der Waals surface area contributed by atoms with Gasteiger partial charge in [0.2, 0.25) is 11.8 Å². The van der Waals surface area contributed by atoms with Crippen molar-refractivity contribution in [3.63, 3.8) is 0 Å². The van der Waals surface area contributed by atoms with Gasteiger partial charge in [-0.1, -0.05) is 11.3 Å². The fourth-order valence-electron chi connectivity index (χ4n) is 4.10. The first-order valence-corrected chi connectivity index (χ1v) is 11.3. The zero-order valence-corrected chi connectivity index (χ0v) is 17.2. The smallest absolute Gasteiger partial charge is 0.229 e. The highest BCUT2D eigenvalue weighted by atomic mass is 32.1. The average Bonchev–Trinajstić information content (AvgIpc) is 3.53. The van der Waals surface area contributed by atoms with Gasteiger partial charge in [-0.3, -0.25) is 9.59 Å². The number of nitrogens with zero attached hydrogens (tertiary/aromatic N) is 3. The molecule has 2 amide bonds. The van der Waals surface area contributed by atoms with Gasteiger partial charge < -0.3 is 19.9 Å². The molecular formula is C21H26N4O3S. The molecule has 3 aliphatic rings. The third kappa shape index (κ3) is 4.09. The van der Waals surface area contributed by atoms with Gasteiger partial charge in [0.05, 0.1) is 29.3 Å². The van der Waals surface area contributed by atoms with E-state index in [-0.39, 0.29) is 23.7 Å². The van der Waals surface area contributed by atoms with Crippen molar-refractivity contribution < 1.29 is 14.3 Å². The van der Waals surface area contributed by atoms with Crippen molar-refractivity contribution in [2.24, 2.45) is 11.8 Å². The van der Waals surface area contributed by atoms with Crippen molar-refractivity contribution in [1.82, 2.24) is 9.88 Å². The summed E-state index contributed by atoms with van der Waals surface area (Å²) in [6, 6.07) is 5.89. The maximum absolute atomic E-state index is 12.8. The number of hydrogen-bond donors (Lipinski definition) is 1. The summed E-state index contributed by atoms with van der Waals surface area (Å²) in [5, 5.41) is 4.07. The van der Waals surface area contributed by atoms with Crippen LogP contribution in [0, 0.1) is 11.8 Å². The normalized spacial score (nSPS) is 22.7. The number of ether oxygens (including phenoxy) is 1. The Labute approximate surface area is 174 Å². The predicted octanol–water partition coefficient (Wildman–Crippen LogP) is 2.72. The number of rotatable bonds is 4. The largest absolute Gasteiger partial charge is 0.378 e. The topological polar surface area (TPSA) is 74.8 Å². The minimum absolute atomic E-state index is 0.00978. The molecule has 1 aromatic carbocycles. The summed E-state index contributed by atoms with van der Waals surface area (Å²) in [6.07, 6.45) is 3.75. The minimum Gasteiger partial charge on any atom is -0.378 e. The Morgan fingerprint density at radius 3 is 2.72 bits per heavy atom. The van der Waals surface area contributed by atoms with Crippen LogP contribution in [0.1, 0.15) is 25.7 Å². The van der Waals surface area contributed by atoms with E-state index in [4.69, 9.17) is 9.72 Å². The third-order valence-corrected chi connectivity index (χ3v) is 7.04. The molecule has 1 N–H and O–H groups in total. The van der Waals surface area contributed by atoms with Crippen LogP contribution in [0.15, 0.2) is 18.2 Å². The van der Waals surface area contributed by atoms with E-state index in [1.165, 1.54) is 0 Å². The van der Waals surface area contributed by atoms with Crippen molar-refractivity contribution in [1.29, 1.82) is 0 Å². The maximum atomic E-state index is 12.8. The van der Waals surface area contributed by atoms with Gasteiger partial charge in [-0.25, -0.2) is 4.98 Å². The minimum atomic E-state index is -0.132. The molecule has 1 unspecified atom stereocenters. The van der Waals surface area contributed by atoms with Crippen LogP contribution in [0.2, 0.25) is 0 Å². The SMILES string of the molecule is O=C(Nc1ccc2nc(N3CCOCC3)sc2c1)C1CCCN(C(=O)C2CC2)C1. The summed E-state index contributed by atoms with van der Waals surface area (Å²) in [5.41, 5.74) is 1.75. The van der Waals surface area contributed by atoms with Gasteiger partial charge in [-0.15, -0.1) is 0 Å². The van der Waals surface area contributed by atoms with Crippen LogP contribution in [0.25, 0.3) is 10.2 Å². The number of hydrogen-bond acceptors (Lipinski definition) is 6. The van der Waals surface area contributed by atoms with Crippen LogP contribution in [0.3, 0.4) is 0 Å². The van der Waals surface area contributed by atoms with Crippen molar-refractivity contribution in [2.45, 2.75) is 25.7 Å². The van der Waals surface area contributed by atoms with Gasteiger partial charge in [0.15, 0.2) is 5.13 Å². The maximum Gasteiger partial charge on any atom is 0.229 e. The second kappa shape index (κ2) is 7.91. The van der Waals surface area contributed by atoms with Crippen molar-refractivity contribution in [3.05, 3.63) is 18.2 Å². The molecule has 8 heteroatoms. The highest BCUT2D eigenvalue weighted by molar-refractivity contribution is 7.22. The number of carbonyl (C=O) groups is 2. The molecule has 1 aliphatic carbocycles. The molecule has 0 bridgehead atoms. The molecule has 5 rings (SSSR count). The Balaban J connectivity index is 1.25. The second-order valence-electron chi connectivity index (χ2n) is 8.17. The Morgan fingerprint density at radius 2 is 1.93 bits per heavy atom. The molecule has 3 fully saturated rings. The summed E-state index contributed by atoms with van der Waals surface area (Å²) >= 11 is 1.65. The molecule has 2 aromatic rings. The fraction of sp³-hybridized carbons (Fsp3) is 0.571. The molecule has 29 heavy (non-hydrogen) atoms. The number of likely N-dealkylation sites (tertiary alicyclic amines) is 1. The van der Waals surface area contributed by atoms with Crippen LogP contribution < -0.4 is 10.2 Å². The van der Waals surface area contributed by atoms with Gasteiger partial charge in [0.25, 0.3) is 0 Å². The van der Waals surface area contributed by atoms with E-state index >= 15 is 0 Å². The molecule has 1 aromatic heterocycles. The summed E-state index contributed by atoms with van der Waals surface area (Å²) in [4.78, 5) is 34.0. The van der Waals surface area contributed by atoms with Crippen LogP contribution in [-0.2, 0) is 14.3 Å². The van der Waals surface area contributed by atoms with E-state index in [9.17, 15) is 9.59 Å². The number of benzene rings is 1. The van der Waals surface area contributed by atoms with Crippen LogP contribution >= 0.6 is 11.3 Å². The zero-order chi connectivity index (χ0) is 19.8. The number of thiazole rings is 1. The van der Waals surface area contributed by atoms with Crippen molar-refractivity contribution >= 4 is 44.2 Å². The quantitative estimate of drug-likeness (QED) is 0.833. The first-order chi connectivity index (χ1) is 14.2. The molecule has 2 saturated heterocycles. The van der Waals surface area contributed by atoms with Gasteiger partial charge >= 0.3 is 0 Å². The second-order valence-corrected chi connectivity index (χ2v) is 9.17. The molecule has 0 radical (unpaired) electrons. The van der Waals surface area contributed by atoms with Crippen molar-refractivity contribution in [2.75, 3.05) is 49.6 Å². The number of anilines is 2. The van der Waals surface area contributed by atoms with Crippen LogP contribution in [0.5, 0.6) is 0 Å². The molecule has 7 nitrogen and oxygen atoms in total. The van der Waals surface area contributed by atoms with E-state index < -0.39 is 0 Å². The summed E-state index contributed by atoms with van der Waals surface area (Å²) in [7, 11) is 0. The molecule has 3 heterocycles. The van der Waals surface area contributed by atoms with Crippen molar-refractivity contribution in [3.8, 4) is 0 Å². The number of piperidine rings is 1. The Hall–Kier alpha value is -2.19. The third-order valence-electron chi connectivity index (χ3n) is 5.96. The number of morpholine rings is 1. The van der Waals surface area contributed by atoms with E-state index in [0.717, 1.165) is 79.6 Å². The Kier molecular flexibility index (Phi) is 5.13. The van der Waals surface area contributed by atoms with Crippen LogP contribution in [-0.4, -0.2) is 61.1 Å². The standard InChI is InChI=1S/C21H26N4O3S/c26-19(15-2-1-7-25(13-15)20(27)14-3-4-14)22-16-5-6-17-18(12-16)29-21(23-17)24-8-10-28-11-9-24/h5-6,12,14-15H,1-4,7-11,13H2,(H,22,26). The van der Waals surface area contributed by atoms with Gasteiger partial charge in [-0.2, -0.15) is 0 Å². The Morgan fingerprint density at radius 1 is 1.10 bits per heavy atom. The van der Waals surface area contributed by atoms with Gasteiger partial charge in [-0.05, 0) is 43.9 Å². The molecule has 0 spiro atoms. The molecule has 1 saturated carbocycles. The predicted molar refractivity (Wildman–Crippen MR) is 113 cm³/mol. The van der Waals surface area contributed by atoms with Gasteiger partial charge in [0.1, 0.15) is 0 Å². The number of fused-ring (bicyclic) bond motifs is 1. The number of aromatic nitrogens is 1. The number of nitrogens with one attached hydrogen (secondary N) is 1. The monoisotopic (exact) mass is 414 g/mol.